The number of pyridine rings is 1. The summed E-state index contributed by atoms with van der Waals surface area (Å²) >= 11 is 0. The van der Waals surface area contributed by atoms with E-state index in [1.807, 2.05) is 42.5 Å². The Labute approximate surface area is 197 Å². The second kappa shape index (κ2) is 10.9. The highest BCUT2D eigenvalue weighted by Gasteiger charge is 2.07. The lowest BCUT2D eigenvalue weighted by Crippen LogP contribution is -2.02. The monoisotopic (exact) mass is 452 g/mol. The first-order valence-electron chi connectivity index (χ1n) is 10.8. The largest absolute Gasteiger partial charge is 0.496 e. The minimum Gasteiger partial charge on any atom is -0.496 e. The van der Waals surface area contributed by atoms with Gasteiger partial charge in [0.1, 0.15) is 18.1 Å². The number of carbonyl (C=O) groups excluding carboxylic acids is 2. The van der Waals surface area contributed by atoms with Gasteiger partial charge in [-0.1, -0.05) is 24.3 Å². The van der Waals surface area contributed by atoms with Gasteiger partial charge in [0.15, 0.2) is 11.6 Å². The Bertz CT molecular complexity index is 1320. The van der Waals surface area contributed by atoms with Gasteiger partial charge in [0.25, 0.3) is 0 Å². The second-order valence-electron chi connectivity index (χ2n) is 7.64. The van der Waals surface area contributed by atoms with E-state index < -0.39 is 0 Å². The summed E-state index contributed by atoms with van der Waals surface area (Å²) in [5, 5.41) is 1.07. The van der Waals surface area contributed by atoms with Gasteiger partial charge in [-0.2, -0.15) is 0 Å². The van der Waals surface area contributed by atoms with E-state index in [0.29, 0.717) is 23.7 Å². The molecule has 0 aliphatic rings. The van der Waals surface area contributed by atoms with Crippen LogP contribution in [0.15, 0.2) is 85.2 Å². The lowest BCUT2D eigenvalue weighted by Gasteiger charge is -2.10. The van der Waals surface area contributed by atoms with Crippen molar-refractivity contribution in [3.05, 3.63) is 102 Å². The molecule has 2 aromatic carbocycles. The fourth-order valence-electron chi connectivity index (χ4n) is 3.41. The van der Waals surface area contributed by atoms with E-state index in [4.69, 9.17) is 9.47 Å². The summed E-state index contributed by atoms with van der Waals surface area (Å²) in [6, 6.07) is 19.0. The van der Waals surface area contributed by atoms with Crippen molar-refractivity contribution in [2.45, 2.75) is 13.0 Å². The molecule has 0 radical (unpaired) electrons. The number of nitrogens with zero attached hydrogens (tertiary/aromatic N) is 1. The van der Waals surface area contributed by atoms with E-state index in [9.17, 15) is 9.59 Å². The van der Waals surface area contributed by atoms with Gasteiger partial charge < -0.3 is 14.5 Å². The number of benzene rings is 2. The maximum Gasteiger partial charge on any atom is 0.163 e. The van der Waals surface area contributed by atoms with Gasteiger partial charge in [0, 0.05) is 40.8 Å². The van der Waals surface area contributed by atoms with Crippen molar-refractivity contribution in [3.8, 4) is 11.5 Å². The van der Waals surface area contributed by atoms with E-state index in [1.165, 1.54) is 12.2 Å². The Morgan fingerprint density at radius 1 is 0.971 bits per heavy atom. The van der Waals surface area contributed by atoms with Crippen LogP contribution in [-0.4, -0.2) is 28.6 Å². The normalized spacial score (nSPS) is 11.3. The summed E-state index contributed by atoms with van der Waals surface area (Å²) in [6.07, 6.45) is 9.39. The first kappa shape index (κ1) is 22.7. The molecule has 0 aliphatic heterocycles. The van der Waals surface area contributed by atoms with Gasteiger partial charge >= 0.3 is 0 Å². The fraction of sp³-hybridized carbons (Fsp3) is 0.107. The number of hydrogen-bond acceptors (Lipinski definition) is 5. The summed E-state index contributed by atoms with van der Waals surface area (Å²) < 4.78 is 11.2. The SMILES string of the molecule is COc1cc(OCc2cccnc2)ccc1C=CC(=O)CC(=O)C=Cc1cc2ccccc2[nH]1. The van der Waals surface area contributed by atoms with E-state index in [1.54, 1.807) is 49.9 Å². The molecule has 0 saturated heterocycles. The standard InChI is InChI=1S/C28H24N2O4/c1-33-28-17-26(34-19-20-5-4-14-29-18-20)13-9-21(28)8-11-24(31)16-25(32)12-10-23-15-22-6-2-3-7-27(22)30-23/h2-15,17-18,30H,16,19H2,1H3. The maximum atomic E-state index is 12.3. The number of ether oxygens (including phenoxy) is 2. The summed E-state index contributed by atoms with van der Waals surface area (Å²) in [5.74, 6) is 0.656. The van der Waals surface area contributed by atoms with Crippen LogP contribution in [0.1, 0.15) is 23.2 Å². The third-order valence-corrected chi connectivity index (χ3v) is 5.13. The van der Waals surface area contributed by atoms with E-state index in [2.05, 4.69) is 9.97 Å². The van der Waals surface area contributed by atoms with Crippen molar-refractivity contribution in [3.63, 3.8) is 0 Å². The molecule has 4 aromatic rings. The van der Waals surface area contributed by atoms with Gasteiger partial charge in [-0.3, -0.25) is 14.6 Å². The van der Waals surface area contributed by atoms with Gasteiger partial charge in [-0.05, 0) is 60.0 Å². The van der Waals surface area contributed by atoms with Gasteiger partial charge in [-0.15, -0.1) is 0 Å². The number of aromatic nitrogens is 2. The molecule has 1 N–H and O–H groups in total. The van der Waals surface area contributed by atoms with E-state index >= 15 is 0 Å². The third-order valence-electron chi connectivity index (χ3n) is 5.13. The first-order valence-corrected chi connectivity index (χ1v) is 10.8. The summed E-state index contributed by atoms with van der Waals surface area (Å²) in [5.41, 5.74) is 3.48. The number of rotatable bonds is 10. The minimum atomic E-state index is -0.287. The van der Waals surface area contributed by atoms with Crippen molar-refractivity contribution in [1.82, 2.24) is 9.97 Å². The average Bonchev–Trinajstić information content (AvgIpc) is 3.29. The molecule has 0 bridgehead atoms. The molecule has 2 heterocycles. The number of nitrogens with one attached hydrogen (secondary N) is 1. The molecule has 0 aliphatic carbocycles. The zero-order valence-corrected chi connectivity index (χ0v) is 18.7. The van der Waals surface area contributed by atoms with Crippen LogP contribution < -0.4 is 9.47 Å². The fourth-order valence-corrected chi connectivity index (χ4v) is 3.41. The van der Waals surface area contributed by atoms with Crippen molar-refractivity contribution >= 4 is 34.6 Å². The molecular weight excluding hydrogens is 428 g/mol. The average molecular weight is 453 g/mol. The topological polar surface area (TPSA) is 81.3 Å². The molecule has 0 atom stereocenters. The van der Waals surface area contributed by atoms with Gasteiger partial charge in [0.2, 0.25) is 0 Å². The Morgan fingerprint density at radius 3 is 2.56 bits per heavy atom. The number of H-pyrrole nitrogens is 1. The van der Waals surface area contributed by atoms with E-state index in [0.717, 1.165) is 22.2 Å². The van der Waals surface area contributed by atoms with Gasteiger partial charge in [0.05, 0.1) is 13.5 Å². The molecule has 6 heteroatoms. The van der Waals surface area contributed by atoms with Gasteiger partial charge in [-0.25, -0.2) is 0 Å². The molecule has 34 heavy (non-hydrogen) atoms. The Hall–Kier alpha value is -4.45. The van der Waals surface area contributed by atoms with Crippen LogP contribution in [0.3, 0.4) is 0 Å². The van der Waals surface area contributed by atoms with Crippen molar-refractivity contribution in [1.29, 1.82) is 0 Å². The molecule has 0 saturated carbocycles. The molecule has 0 amide bonds. The molecule has 170 valence electrons. The molecule has 2 aromatic heterocycles. The first-order chi connectivity index (χ1) is 16.6. The predicted molar refractivity (Wildman–Crippen MR) is 133 cm³/mol. The lowest BCUT2D eigenvalue weighted by molar-refractivity contribution is -0.121. The highest BCUT2D eigenvalue weighted by atomic mass is 16.5. The van der Waals surface area contributed by atoms with Crippen molar-refractivity contribution in [2.75, 3.05) is 7.11 Å². The molecule has 0 fully saturated rings. The highest BCUT2D eigenvalue weighted by Crippen LogP contribution is 2.26. The number of ketones is 2. The van der Waals surface area contributed by atoms with Crippen LogP contribution in [0.25, 0.3) is 23.1 Å². The Kier molecular flexibility index (Phi) is 7.30. The summed E-state index contributed by atoms with van der Waals surface area (Å²) in [6.45, 7) is 0.388. The van der Waals surface area contributed by atoms with Crippen LogP contribution >= 0.6 is 0 Å². The molecular formula is C28H24N2O4. The molecule has 4 rings (SSSR count). The zero-order valence-electron chi connectivity index (χ0n) is 18.7. The predicted octanol–water partition coefficient (Wildman–Crippen LogP) is 5.41. The molecule has 0 spiro atoms. The highest BCUT2D eigenvalue weighted by molar-refractivity contribution is 6.11. The quantitative estimate of drug-likeness (QED) is 0.257. The number of hydrogen-bond donors (Lipinski definition) is 1. The smallest absolute Gasteiger partial charge is 0.163 e. The third kappa shape index (κ3) is 6.07. The number of methoxy groups -OCH3 is 1. The summed E-state index contributed by atoms with van der Waals surface area (Å²) in [7, 11) is 1.55. The number of fused-ring (bicyclic) bond motifs is 1. The Morgan fingerprint density at radius 2 is 1.79 bits per heavy atom. The summed E-state index contributed by atoms with van der Waals surface area (Å²) in [4.78, 5) is 31.8. The maximum absolute atomic E-state index is 12.3. The van der Waals surface area contributed by atoms with Crippen molar-refractivity contribution in [2.24, 2.45) is 0 Å². The number of para-hydroxylation sites is 1. The minimum absolute atomic E-state index is 0.206. The zero-order chi connectivity index (χ0) is 23.8. The van der Waals surface area contributed by atoms with Crippen molar-refractivity contribution < 1.29 is 19.1 Å². The van der Waals surface area contributed by atoms with Crippen LogP contribution in [0, 0.1) is 0 Å². The second-order valence-corrected chi connectivity index (χ2v) is 7.64. The lowest BCUT2D eigenvalue weighted by atomic mass is 10.1. The van der Waals surface area contributed by atoms with E-state index in [-0.39, 0.29) is 18.0 Å². The number of aromatic amines is 1. The van der Waals surface area contributed by atoms with Crippen LogP contribution in [0.4, 0.5) is 0 Å². The molecule has 6 nitrogen and oxygen atoms in total. The van der Waals surface area contributed by atoms with Crippen LogP contribution in [0.5, 0.6) is 11.5 Å². The Balaban J connectivity index is 1.33. The van der Waals surface area contributed by atoms with Crippen LogP contribution in [-0.2, 0) is 16.2 Å². The van der Waals surface area contributed by atoms with Crippen LogP contribution in [0.2, 0.25) is 0 Å². The molecule has 0 unspecified atom stereocenters. The number of carbonyl (C=O) groups is 2. The number of allylic oxidation sites excluding steroid dienone is 2.